The van der Waals surface area contributed by atoms with E-state index in [1.165, 1.54) is 0 Å². The first-order valence-corrected chi connectivity index (χ1v) is 4.27. The van der Waals surface area contributed by atoms with Crippen LogP contribution in [0, 0.1) is 5.41 Å². The van der Waals surface area contributed by atoms with Crippen molar-refractivity contribution in [3.8, 4) is 0 Å². The third-order valence-electron chi connectivity index (χ3n) is 1.71. The number of hydrogen-bond donors (Lipinski definition) is 2. The van der Waals surface area contributed by atoms with Gasteiger partial charge in [-0.1, -0.05) is 18.2 Å². The summed E-state index contributed by atoms with van der Waals surface area (Å²) >= 11 is 0. The first kappa shape index (κ1) is 10.2. The van der Waals surface area contributed by atoms with Crippen molar-refractivity contribution < 1.29 is 9.53 Å². The van der Waals surface area contributed by atoms with Gasteiger partial charge in [-0.2, -0.15) is 0 Å². The highest BCUT2D eigenvalue weighted by atomic mass is 16.5. The molecule has 0 radical (unpaired) electrons. The summed E-state index contributed by atoms with van der Waals surface area (Å²) in [5.41, 5.74) is 6.22. The van der Waals surface area contributed by atoms with Crippen LogP contribution in [0.25, 0.3) is 0 Å². The molecule has 0 atom stereocenters. The molecule has 0 aromatic heterocycles. The standard InChI is InChI=1S/C10H12N2O2/c1-2-14-10(13)9(12)7-5-3-4-6-8(7)11/h3-6,12H,2,11H2,1H3. The Morgan fingerprint density at radius 2 is 2.14 bits per heavy atom. The summed E-state index contributed by atoms with van der Waals surface area (Å²) in [6, 6.07) is 6.73. The van der Waals surface area contributed by atoms with Gasteiger partial charge in [0.15, 0.2) is 0 Å². The van der Waals surface area contributed by atoms with E-state index in [9.17, 15) is 4.79 Å². The van der Waals surface area contributed by atoms with E-state index in [1.807, 2.05) is 0 Å². The minimum atomic E-state index is -0.648. The summed E-state index contributed by atoms with van der Waals surface area (Å²) in [7, 11) is 0. The average Bonchev–Trinajstić information content (AvgIpc) is 2.18. The summed E-state index contributed by atoms with van der Waals surface area (Å²) in [5, 5.41) is 7.53. The Hall–Kier alpha value is -1.84. The SMILES string of the molecule is CCOC(=O)C(=N)c1ccccc1N. The number of nitrogens with two attached hydrogens (primary N) is 1. The number of nitrogen functional groups attached to an aromatic ring is 1. The molecule has 1 aromatic rings. The summed E-state index contributed by atoms with van der Waals surface area (Å²) in [4.78, 5) is 11.2. The van der Waals surface area contributed by atoms with Crippen LogP contribution < -0.4 is 5.73 Å². The molecule has 0 amide bonds. The molecule has 0 aliphatic carbocycles. The van der Waals surface area contributed by atoms with Crippen molar-refractivity contribution in [3.05, 3.63) is 29.8 Å². The van der Waals surface area contributed by atoms with Crippen molar-refractivity contribution in [2.45, 2.75) is 6.92 Å². The molecule has 0 aliphatic rings. The molecule has 0 bridgehead atoms. The van der Waals surface area contributed by atoms with Crippen molar-refractivity contribution in [2.75, 3.05) is 12.3 Å². The highest BCUT2D eigenvalue weighted by Gasteiger charge is 2.14. The zero-order chi connectivity index (χ0) is 10.6. The van der Waals surface area contributed by atoms with Gasteiger partial charge >= 0.3 is 5.97 Å². The Bertz CT molecular complexity index is 361. The third kappa shape index (κ3) is 2.10. The van der Waals surface area contributed by atoms with Gasteiger partial charge in [-0.25, -0.2) is 4.79 Å². The molecule has 14 heavy (non-hydrogen) atoms. The maximum Gasteiger partial charge on any atom is 0.356 e. The second kappa shape index (κ2) is 4.41. The number of anilines is 1. The van der Waals surface area contributed by atoms with E-state index < -0.39 is 5.97 Å². The van der Waals surface area contributed by atoms with Gasteiger partial charge in [0.2, 0.25) is 0 Å². The van der Waals surface area contributed by atoms with Gasteiger partial charge in [-0.15, -0.1) is 0 Å². The zero-order valence-electron chi connectivity index (χ0n) is 7.91. The van der Waals surface area contributed by atoms with Crippen LogP contribution in [0.3, 0.4) is 0 Å². The highest BCUT2D eigenvalue weighted by molar-refractivity contribution is 6.43. The van der Waals surface area contributed by atoms with Gasteiger partial charge in [0.25, 0.3) is 0 Å². The van der Waals surface area contributed by atoms with Gasteiger partial charge in [0, 0.05) is 11.3 Å². The summed E-state index contributed by atoms with van der Waals surface area (Å²) in [5.74, 6) is -0.648. The Kier molecular flexibility index (Phi) is 3.23. The minimum absolute atomic E-state index is 0.204. The van der Waals surface area contributed by atoms with Crippen molar-refractivity contribution >= 4 is 17.4 Å². The molecule has 3 N–H and O–H groups in total. The van der Waals surface area contributed by atoms with Crippen LogP contribution in [0.15, 0.2) is 24.3 Å². The lowest BCUT2D eigenvalue weighted by Crippen LogP contribution is -2.18. The van der Waals surface area contributed by atoms with Gasteiger partial charge in [-0.3, -0.25) is 5.41 Å². The second-order valence-electron chi connectivity index (χ2n) is 2.68. The monoisotopic (exact) mass is 192 g/mol. The quantitative estimate of drug-likeness (QED) is 0.429. The maximum absolute atomic E-state index is 11.2. The summed E-state index contributed by atoms with van der Waals surface area (Å²) in [6.07, 6.45) is 0. The lowest BCUT2D eigenvalue weighted by Gasteiger charge is -2.05. The van der Waals surface area contributed by atoms with Crippen LogP contribution >= 0.6 is 0 Å². The van der Waals surface area contributed by atoms with Gasteiger partial charge in [0.1, 0.15) is 5.71 Å². The van der Waals surface area contributed by atoms with E-state index in [4.69, 9.17) is 15.9 Å². The van der Waals surface area contributed by atoms with Crippen LogP contribution in [0.1, 0.15) is 12.5 Å². The van der Waals surface area contributed by atoms with Crippen LogP contribution in [0.4, 0.5) is 5.69 Å². The van der Waals surface area contributed by atoms with Crippen molar-refractivity contribution in [1.29, 1.82) is 5.41 Å². The predicted molar refractivity (Wildman–Crippen MR) is 54.3 cm³/mol. The summed E-state index contributed by atoms with van der Waals surface area (Å²) in [6.45, 7) is 1.95. The number of rotatable bonds is 3. The number of carbonyl (C=O) groups is 1. The van der Waals surface area contributed by atoms with Crippen LogP contribution in [0.5, 0.6) is 0 Å². The van der Waals surface area contributed by atoms with E-state index in [-0.39, 0.29) is 12.3 Å². The maximum atomic E-state index is 11.2. The van der Waals surface area contributed by atoms with Gasteiger partial charge in [-0.05, 0) is 13.0 Å². The number of hydrogen-bond acceptors (Lipinski definition) is 4. The largest absolute Gasteiger partial charge is 0.461 e. The molecule has 1 aromatic carbocycles. The van der Waals surface area contributed by atoms with Crippen LogP contribution in [-0.2, 0) is 9.53 Å². The fraction of sp³-hybridized carbons (Fsp3) is 0.200. The fourth-order valence-electron chi connectivity index (χ4n) is 1.04. The second-order valence-corrected chi connectivity index (χ2v) is 2.68. The van der Waals surface area contributed by atoms with E-state index >= 15 is 0 Å². The first-order valence-electron chi connectivity index (χ1n) is 4.27. The Morgan fingerprint density at radius 3 is 2.71 bits per heavy atom. The average molecular weight is 192 g/mol. The summed E-state index contributed by atoms with van der Waals surface area (Å²) < 4.78 is 4.69. The number of ether oxygens (including phenoxy) is 1. The molecule has 0 saturated carbocycles. The molecule has 0 fully saturated rings. The molecule has 1 rings (SSSR count). The molecule has 74 valence electrons. The Morgan fingerprint density at radius 1 is 1.50 bits per heavy atom. The Labute approximate surface area is 82.2 Å². The Balaban J connectivity index is 2.90. The number of carbonyl (C=O) groups excluding carboxylic acids is 1. The van der Waals surface area contributed by atoms with E-state index in [2.05, 4.69) is 0 Å². The van der Waals surface area contributed by atoms with Crippen molar-refractivity contribution in [1.82, 2.24) is 0 Å². The van der Waals surface area contributed by atoms with E-state index in [0.29, 0.717) is 11.3 Å². The third-order valence-corrected chi connectivity index (χ3v) is 1.71. The molecular formula is C10H12N2O2. The molecule has 4 heteroatoms. The van der Waals surface area contributed by atoms with E-state index in [0.717, 1.165) is 0 Å². The lowest BCUT2D eigenvalue weighted by molar-refractivity contribution is -0.135. The molecule has 0 aliphatic heterocycles. The molecule has 0 spiro atoms. The highest BCUT2D eigenvalue weighted by Crippen LogP contribution is 2.11. The normalized spacial score (nSPS) is 9.50. The van der Waals surface area contributed by atoms with Crippen LogP contribution in [0.2, 0.25) is 0 Å². The topological polar surface area (TPSA) is 76.2 Å². The smallest absolute Gasteiger partial charge is 0.356 e. The lowest BCUT2D eigenvalue weighted by atomic mass is 10.1. The number of nitrogens with one attached hydrogen (secondary N) is 1. The zero-order valence-corrected chi connectivity index (χ0v) is 7.91. The first-order chi connectivity index (χ1) is 6.66. The molecule has 0 saturated heterocycles. The van der Waals surface area contributed by atoms with Gasteiger partial charge in [0.05, 0.1) is 6.61 Å². The minimum Gasteiger partial charge on any atom is -0.461 e. The molecular weight excluding hydrogens is 180 g/mol. The van der Waals surface area contributed by atoms with Gasteiger partial charge < -0.3 is 10.5 Å². The fourth-order valence-corrected chi connectivity index (χ4v) is 1.04. The molecule has 0 unspecified atom stereocenters. The number of para-hydroxylation sites is 1. The van der Waals surface area contributed by atoms with E-state index in [1.54, 1.807) is 31.2 Å². The van der Waals surface area contributed by atoms with Crippen molar-refractivity contribution in [2.24, 2.45) is 0 Å². The molecule has 4 nitrogen and oxygen atoms in total. The van der Waals surface area contributed by atoms with Crippen LogP contribution in [-0.4, -0.2) is 18.3 Å². The predicted octanol–water partition coefficient (Wildman–Crippen LogP) is 1.20. The van der Waals surface area contributed by atoms with Crippen molar-refractivity contribution in [3.63, 3.8) is 0 Å². The molecule has 0 heterocycles. The number of esters is 1. The number of benzene rings is 1.